The fourth-order valence-corrected chi connectivity index (χ4v) is 5.38. The summed E-state index contributed by atoms with van der Waals surface area (Å²) in [6, 6.07) is 1.98. The molecule has 3 atom stereocenters. The van der Waals surface area contributed by atoms with Crippen LogP contribution in [0, 0.1) is 11.8 Å². The molecule has 0 amide bonds. The van der Waals surface area contributed by atoms with E-state index in [0.29, 0.717) is 11.8 Å². The van der Waals surface area contributed by atoms with E-state index in [2.05, 4.69) is 30.7 Å². The summed E-state index contributed by atoms with van der Waals surface area (Å²) in [5.74, 6) is 1.33. The Bertz CT molecular complexity index is 1040. The molecule has 3 aromatic rings. The molecule has 0 aliphatic heterocycles. The number of thiophene rings is 1. The van der Waals surface area contributed by atoms with E-state index < -0.39 is 0 Å². The highest BCUT2D eigenvalue weighted by Gasteiger charge is 2.36. The minimum absolute atomic E-state index is 0.0759. The minimum Gasteiger partial charge on any atom is -0.377 e. The van der Waals surface area contributed by atoms with Crippen molar-refractivity contribution in [3.63, 3.8) is 0 Å². The first kappa shape index (κ1) is 17.5. The Morgan fingerprint density at radius 1 is 1.27 bits per heavy atom. The average molecular weight is 371 g/mol. The normalized spacial score (nSPS) is 26.5. The second kappa shape index (κ2) is 6.05. The van der Waals surface area contributed by atoms with Crippen molar-refractivity contribution in [3.8, 4) is 0 Å². The van der Waals surface area contributed by atoms with Crippen molar-refractivity contribution >= 4 is 37.5 Å². The Morgan fingerprint density at radius 2 is 2.04 bits per heavy atom. The van der Waals surface area contributed by atoms with Gasteiger partial charge in [0.25, 0.3) is 5.56 Å². The molecule has 3 heterocycles. The molecular formula is C20H26N4OS. The van der Waals surface area contributed by atoms with Crippen molar-refractivity contribution in [2.75, 3.05) is 19.0 Å². The maximum atomic E-state index is 13.4. The van der Waals surface area contributed by atoms with Gasteiger partial charge in [0.15, 0.2) is 0 Å². The van der Waals surface area contributed by atoms with Crippen LogP contribution in [0.5, 0.6) is 0 Å². The van der Waals surface area contributed by atoms with Crippen LogP contribution in [-0.4, -0.2) is 28.6 Å². The van der Waals surface area contributed by atoms with Gasteiger partial charge in [0.05, 0.1) is 22.9 Å². The number of hydrogen-bond acceptors (Lipinski definition) is 5. The first-order chi connectivity index (χ1) is 12.3. The second-order valence-corrected chi connectivity index (χ2v) is 9.30. The molecule has 3 unspecified atom stereocenters. The van der Waals surface area contributed by atoms with Gasteiger partial charge in [0, 0.05) is 25.8 Å². The average Bonchev–Trinajstić information content (AvgIpc) is 2.98. The van der Waals surface area contributed by atoms with Crippen LogP contribution in [0.4, 0.5) is 5.69 Å². The van der Waals surface area contributed by atoms with Gasteiger partial charge in [-0.05, 0) is 44.1 Å². The number of rotatable bonds is 2. The molecule has 1 aliphatic rings. The number of fused-ring (bicyclic) bond motifs is 3. The molecule has 4 rings (SSSR count). The predicted octanol–water partition coefficient (Wildman–Crippen LogP) is 4.24. The smallest absolute Gasteiger partial charge is 0.271 e. The summed E-state index contributed by atoms with van der Waals surface area (Å²) in [5.41, 5.74) is 1.76. The third-order valence-corrected chi connectivity index (χ3v) is 7.27. The van der Waals surface area contributed by atoms with Crippen molar-refractivity contribution in [2.24, 2.45) is 11.8 Å². The van der Waals surface area contributed by atoms with Crippen LogP contribution in [0.25, 0.3) is 20.4 Å². The highest BCUT2D eigenvalue weighted by molar-refractivity contribution is 7.25. The molecule has 1 aliphatic carbocycles. The Balaban J connectivity index is 1.93. The molecule has 5 nitrogen and oxygen atoms in total. The fourth-order valence-electron chi connectivity index (χ4n) is 4.33. The van der Waals surface area contributed by atoms with Crippen molar-refractivity contribution in [2.45, 2.75) is 45.6 Å². The van der Waals surface area contributed by atoms with Crippen LogP contribution in [0.1, 0.15) is 40.0 Å². The van der Waals surface area contributed by atoms with Gasteiger partial charge in [-0.15, -0.1) is 11.3 Å². The predicted molar refractivity (Wildman–Crippen MR) is 109 cm³/mol. The third kappa shape index (κ3) is 2.54. The topological polar surface area (TPSA) is 51.0 Å². The summed E-state index contributed by atoms with van der Waals surface area (Å²) in [5, 5.41) is 0.984. The monoisotopic (exact) mass is 370 g/mol. The number of nitrogens with zero attached hydrogens (tertiary/aromatic N) is 4. The molecule has 26 heavy (non-hydrogen) atoms. The summed E-state index contributed by atoms with van der Waals surface area (Å²) < 4.78 is 2.61. The van der Waals surface area contributed by atoms with Crippen LogP contribution >= 0.6 is 11.3 Å². The standard InChI is InChI=1S/C20H26N4OS/c1-12-6-8-20(3,10-13(12)2)24-11-22-16-15-14(23(4)5)7-9-21-18(15)26-17(16)19(24)25/h7,9,11-13H,6,8,10H2,1-5H3. The zero-order valence-corrected chi connectivity index (χ0v) is 16.9. The molecule has 0 N–H and O–H groups in total. The van der Waals surface area contributed by atoms with E-state index in [1.807, 2.05) is 24.7 Å². The van der Waals surface area contributed by atoms with E-state index >= 15 is 0 Å². The first-order valence-corrected chi connectivity index (χ1v) is 10.1. The van der Waals surface area contributed by atoms with Gasteiger partial charge in [-0.1, -0.05) is 13.8 Å². The summed E-state index contributed by atoms with van der Waals surface area (Å²) in [7, 11) is 4.01. The van der Waals surface area contributed by atoms with Gasteiger partial charge in [-0.3, -0.25) is 9.36 Å². The molecule has 6 heteroatoms. The van der Waals surface area contributed by atoms with Gasteiger partial charge in [0.1, 0.15) is 9.53 Å². The van der Waals surface area contributed by atoms with Crippen molar-refractivity contribution in [1.82, 2.24) is 14.5 Å². The molecule has 3 aromatic heterocycles. The number of pyridine rings is 1. The van der Waals surface area contributed by atoms with Crippen molar-refractivity contribution in [1.29, 1.82) is 0 Å². The Hall–Kier alpha value is -1.95. The quantitative estimate of drug-likeness (QED) is 0.677. The van der Waals surface area contributed by atoms with E-state index in [0.717, 1.165) is 45.4 Å². The van der Waals surface area contributed by atoms with E-state index in [1.54, 1.807) is 12.5 Å². The molecule has 0 saturated heterocycles. The zero-order chi connectivity index (χ0) is 18.6. The minimum atomic E-state index is -0.155. The van der Waals surface area contributed by atoms with Gasteiger partial charge in [-0.25, -0.2) is 9.97 Å². The Kier molecular flexibility index (Phi) is 4.06. The second-order valence-electron chi connectivity index (χ2n) is 8.30. The van der Waals surface area contributed by atoms with Crippen LogP contribution in [0.15, 0.2) is 23.4 Å². The fraction of sp³-hybridized carbons (Fsp3) is 0.550. The number of aromatic nitrogens is 3. The Morgan fingerprint density at radius 3 is 2.73 bits per heavy atom. The molecular weight excluding hydrogens is 344 g/mol. The van der Waals surface area contributed by atoms with E-state index in [9.17, 15) is 4.79 Å². The van der Waals surface area contributed by atoms with Crippen molar-refractivity contribution in [3.05, 3.63) is 28.9 Å². The summed E-state index contributed by atoms with van der Waals surface area (Å²) in [6.07, 6.45) is 6.77. The van der Waals surface area contributed by atoms with Gasteiger partial charge in [-0.2, -0.15) is 0 Å². The lowest BCUT2D eigenvalue weighted by Gasteiger charge is -2.41. The summed E-state index contributed by atoms with van der Waals surface area (Å²) >= 11 is 1.46. The summed E-state index contributed by atoms with van der Waals surface area (Å²) in [4.78, 5) is 25.5. The van der Waals surface area contributed by atoms with Crippen LogP contribution in [0.2, 0.25) is 0 Å². The Labute approximate surface area is 157 Å². The number of anilines is 1. The largest absolute Gasteiger partial charge is 0.377 e. The van der Waals surface area contributed by atoms with Crippen molar-refractivity contribution < 1.29 is 0 Å². The SMILES string of the molecule is CC1CCC(C)(n2cnc3c(sc4nccc(N(C)C)c43)c2=O)CC1C. The maximum Gasteiger partial charge on any atom is 0.271 e. The molecule has 1 fully saturated rings. The lowest BCUT2D eigenvalue weighted by molar-refractivity contribution is 0.124. The van der Waals surface area contributed by atoms with Gasteiger partial charge >= 0.3 is 0 Å². The molecule has 0 spiro atoms. The molecule has 1 saturated carbocycles. The lowest BCUT2D eigenvalue weighted by atomic mass is 9.72. The van der Waals surface area contributed by atoms with E-state index in [4.69, 9.17) is 4.98 Å². The maximum absolute atomic E-state index is 13.4. The van der Waals surface area contributed by atoms with E-state index in [-0.39, 0.29) is 11.1 Å². The molecule has 0 radical (unpaired) electrons. The third-order valence-electron chi connectivity index (χ3n) is 6.19. The molecule has 0 bridgehead atoms. The zero-order valence-electron chi connectivity index (χ0n) is 16.1. The highest BCUT2D eigenvalue weighted by atomic mass is 32.1. The molecule has 138 valence electrons. The van der Waals surface area contributed by atoms with Crippen LogP contribution < -0.4 is 10.5 Å². The van der Waals surface area contributed by atoms with Crippen LogP contribution in [0.3, 0.4) is 0 Å². The van der Waals surface area contributed by atoms with Gasteiger partial charge in [0.2, 0.25) is 0 Å². The number of hydrogen-bond donors (Lipinski definition) is 0. The van der Waals surface area contributed by atoms with Crippen LogP contribution in [-0.2, 0) is 5.54 Å². The lowest BCUT2D eigenvalue weighted by Crippen LogP contribution is -2.43. The van der Waals surface area contributed by atoms with E-state index in [1.165, 1.54) is 11.3 Å². The molecule has 0 aromatic carbocycles. The van der Waals surface area contributed by atoms with Gasteiger partial charge < -0.3 is 4.90 Å². The highest BCUT2D eigenvalue weighted by Crippen LogP contribution is 2.41. The summed E-state index contributed by atoms with van der Waals surface area (Å²) in [6.45, 7) is 6.82. The first-order valence-electron chi connectivity index (χ1n) is 9.28.